The normalized spacial score (nSPS) is 21.3. The number of hydrogen-bond acceptors (Lipinski definition) is 24. The number of aryl methyl sites for hydroxylation is 1. The van der Waals surface area contributed by atoms with Gasteiger partial charge in [0.15, 0.2) is 0 Å². The number of aliphatic carboxylic acids is 1. The van der Waals surface area contributed by atoms with Gasteiger partial charge in [0.25, 0.3) is 23.6 Å². The number of fused-ring (bicyclic) bond motifs is 16. The van der Waals surface area contributed by atoms with Crippen LogP contribution < -0.4 is 37.5 Å². The van der Waals surface area contributed by atoms with Gasteiger partial charge in [-0.05, 0) is 68.0 Å². The minimum absolute atomic E-state index is 0.0359. The molecule has 0 unspecified atom stereocenters. The molecular weight excluding hydrogens is 1320 g/mol. The summed E-state index contributed by atoms with van der Waals surface area (Å²) in [4.78, 5) is 133. The van der Waals surface area contributed by atoms with E-state index in [-0.39, 0.29) is 64.2 Å². The molecule has 3 aliphatic rings. The maximum Gasteiger partial charge on any atom is 0.306 e. The fourth-order valence-electron chi connectivity index (χ4n) is 11.3. The molecule has 94 heavy (non-hydrogen) atoms. The number of carboxylic acid groups (broad SMARTS) is 1. The van der Waals surface area contributed by atoms with Crippen molar-refractivity contribution in [2.45, 2.75) is 94.8 Å². The molecule has 10 bridgehead atoms. The molecule has 484 valence electrons. The van der Waals surface area contributed by atoms with Crippen LogP contribution in [-0.2, 0) is 20.8 Å². The quantitative estimate of drug-likeness (QED) is 0.0400. The topological polar surface area (TPSA) is 407 Å². The summed E-state index contributed by atoms with van der Waals surface area (Å²) >= 11 is 6.87. The molecule has 6 amide bonds. The van der Waals surface area contributed by atoms with Crippen LogP contribution in [-0.4, -0.2) is 134 Å². The average Bonchev–Trinajstić information content (AvgIpc) is 1.63. The zero-order valence-corrected chi connectivity index (χ0v) is 54.8. The van der Waals surface area contributed by atoms with Crippen molar-refractivity contribution < 1.29 is 53.6 Å². The minimum atomic E-state index is -1.43. The Morgan fingerprint density at radius 2 is 1.35 bits per heavy atom. The Morgan fingerprint density at radius 3 is 2.09 bits per heavy atom. The number of aliphatic hydroxyl groups is 2. The van der Waals surface area contributed by atoms with Crippen LogP contribution in [0.3, 0.4) is 0 Å². The highest BCUT2D eigenvalue weighted by Crippen LogP contribution is 2.43. The zero-order valence-electron chi connectivity index (χ0n) is 49.9. The van der Waals surface area contributed by atoms with E-state index in [9.17, 15) is 44.1 Å². The molecule has 1 saturated heterocycles. The van der Waals surface area contributed by atoms with E-state index in [4.69, 9.17) is 41.5 Å². The van der Waals surface area contributed by atoms with E-state index in [1.54, 1.807) is 89.8 Å². The lowest BCUT2D eigenvalue weighted by molar-refractivity contribution is -0.143. The highest BCUT2D eigenvalue weighted by atomic mass is 32.1. The number of carbonyl (C=O) groups is 7. The lowest BCUT2D eigenvalue weighted by atomic mass is 9.86. The van der Waals surface area contributed by atoms with Crippen molar-refractivity contribution >= 4 is 115 Å². The van der Waals surface area contributed by atoms with Crippen molar-refractivity contribution in [3.8, 4) is 49.1 Å². The van der Waals surface area contributed by atoms with Gasteiger partial charge in [-0.2, -0.15) is 0 Å². The van der Waals surface area contributed by atoms with E-state index in [0.29, 0.717) is 95.8 Å². The predicted octanol–water partition coefficient (Wildman–Crippen LogP) is 7.27. The number of aromatic nitrogens is 7. The number of nitrogens with zero attached hydrogens (tertiary/aromatic N) is 8. The first kappa shape index (κ1) is 64.9. The highest BCUT2D eigenvalue weighted by molar-refractivity contribution is 7.15. The summed E-state index contributed by atoms with van der Waals surface area (Å²) < 4.78 is 5.61. The number of ether oxygens (including phenoxy) is 1. The number of nitrogens with two attached hydrogens (primary N) is 2. The van der Waals surface area contributed by atoms with Gasteiger partial charge in [-0.3, -0.25) is 39.0 Å². The van der Waals surface area contributed by atoms with Crippen LogP contribution in [0.2, 0.25) is 0 Å². The molecule has 1 saturated carbocycles. The van der Waals surface area contributed by atoms with Gasteiger partial charge >= 0.3 is 5.97 Å². The molecule has 12 rings (SSSR count). The van der Waals surface area contributed by atoms with Crippen LogP contribution in [0, 0.1) is 24.2 Å². The van der Waals surface area contributed by atoms with Gasteiger partial charge in [0, 0.05) is 62.3 Å². The number of amidine groups is 1. The third-order valence-electron chi connectivity index (χ3n) is 16.2. The van der Waals surface area contributed by atoms with Gasteiger partial charge in [0.05, 0.1) is 36.2 Å². The molecular formula is C62H59N15O11S6. The SMILES string of the molecule is Cc1sc2nc1C(=O)N[C@@H]([C@H](O)c1ccccc1)c1nc(cs1)C(=O)N[C@@H](Cc1ccc(OCC(=N)N)cc1)C(=O)N1C[C@H](O)[C@H](C)[C@H]1c1nc(cs1)-c1nc(cs1)-c1nc(-c3nc(C(=O)N[C@H]4CC[C@H](C(=O)O)CC4)cs3)ccc1-c1nc(cs1)C(=O)N[C@H]2CC(N)=O. The summed E-state index contributed by atoms with van der Waals surface area (Å²) in [7, 11) is 0. The average molecular weight is 1380 g/mol. The standard InChI is InChI=1S/C62H59N15O11S6/c1-27-43(78)20-77-49(27)60-74-42(26-93-60)57-70-38(22-90-57)47-34(16-17-35(67-47)56-72-39(24-91-56)51(81)66-32-12-10-31(11-13-32)62(86)87)55-71-40(23-89-55)52(82)68-36(19-45(65)79)58-76-46(28(2)94-58)54(84)75-48(50(80)30-6-4-3-5-7-30)59-73-41(25-92-59)53(83)69-37(61(77)85)18-29-8-14-33(15-9-29)88-21-44(63)64/h3-9,14-17,22-27,31-32,36-37,43,48-50,78,80H,10-13,18-21H2,1-2H3,(H3,63,64)(H2,65,79)(H,66,81)(H,68,82)(H,69,83)(H,75,84)(H,86,87)/t27-,31-,32-,36-,37-,43-,48-,49-,50+/m0/s1. The maximum absolute atomic E-state index is 15.4. The summed E-state index contributed by atoms with van der Waals surface area (Å²) in [6.07, 6.45) is -0.953. The van der Waals surface area contributed by atoms with Crippen LogP contribution in [0.25, 0.3) is 43.4 Å². The maximum atomic E-state index is 15.4. The molecule has 26 nitrogen and oxygen atoms in total. The molecule has 2 aromatic carbocycles. The highest BCUT2D eigenvalue weighted by Gasteiger charge is 2.46. The molecule has 9 heterocycles. The predicted molar refractivity (Wildman–Crippen MR) is 353 cm³/mol. The summed E-state index contributed by atoms with van der Waals surface area (Å²) in [5.41, 5.74) is 14.2. The minimum Gasteiger partial charge on any atom is -0.486 e. The van der Waals surface area contributed by atoms with Crippen molar-refractivity contribution in [2.24, 2.45) is 23.3 Å². The van der Waals surface area contributed by atoms with E-state index in [1.807, 2.05) is 6.92 Å². The van der Waals surface area contributed by atoms with E-state index in [0.717, 1.165) is 34.0 Å². The fraction of sp³-hybridized carbons (Fsp3) is 0.306. The van der Waals surface area contributed by atoms with E-state index < -0.39 is 96.0 Å². The van der Waals surface area contributed by atoms with Gasteiger partial charge < -0.3 is 57.7 Å². The number of nitrogens with one attached hydrogen (secondary N) is 5. The second-order valence-electron chi connectivity index (χ2n) is 22.7. The first-order chi connectivity index (χ1) is 45.2. The molecule has 32 heteroatoms. The number of benzene rings is 2. The van der Waals surface area contributed by atoms with Crippen molar-refractivity contribution in [1.82, 2.24) is 61.1 Å². The lowest BCUT2D eigenvalue weighted by Crippen LogP contribution is -2.50. The molecule has 1 aliphatic carbocycles. The van der Waals surface area contributed by atoms with Gasteiger partial charge in [0.1, 0.15) is 106 Å². The molecule has 2 aliphatic heterocycles. The Morgan fingerprint density at radius 1 is 0.702 bits per heavy atom. The number of primary amides is 1. The molecule has 12 N–H and O–H groups in total. The molecule has 2 fully saturated rings. The molecule has 9 aromatic rings. The van der Waals surface area contributed by atoms with E-state index in [2.05, 4.69) is 36.2 Å². The van der Waals surface area contributed by atoms with Crippen LogP contribution in [0.15, 0.2) is 93.6 Å². The van der Waals surface area contributed by atoms with Crippen LogP contribution in [0.1, 0.15) is 136 Å². The molecule has 0 spiro atoms. The van der Waals surface area contributed by atoms with Crippen LogP contribution in [0.4, 0.5) is 0 Å². The third-order valence-corrected chi connectivity index (χ3v) is 21.8. The van der Waals surface area contributed by atoms with Crippen LogP contribution >= 0.6 is 68.0 Å². The van der Waals surface area contributed by atoms with Crippen molar-refractivity contribution in [3.05, 3.63) is 147 Å². The molecule has 0 radical (unpaired) electrons. The number of amides is 6. The Hall–Kier alpha value is -9.15. The first-order valence-corrected chi connectivity index (χ1v) is 34.7. The summed E-state index contributed by atoms with van der Waals surface area (Å²) in [6, 6.07) is 14.0. The summed E-state index contributed by atoms with van der Waals surface area (Å²) in [5, 5.41) is 62.5. The Bertz CT molecular complexity index is 4370. The first-order valence-electron chi connectivity index (χ1n) is 29.5. The number of thiazole rings is 6. The largest absolute Gasteiger partial charge is 0.486 e. The van der Waals surface area contributed by atoms with E-state index >= 15 is 4.79 Å². The Labute approximate surface area is 559 Å². The zero-order chi connectivity index (χ0) is 66.1. The Kier molecular flexibility index (Phi) is 19.2. The van der Waals surface area contributed by atoms with Gasteiger partial charge in [-0.25, -0.2) is 34.9 Å². The second-order valence-corrected chi connectivity index (χ2v) is 28.3. The number of pyridine rings is 1. The fourth-order valence-corrected chi connectivity index (χ4v) is 16.6. The van der Waals surface area contributed by atoms with Crippen molar-refractivity contribution in [2.75, 3.05) is 13.2 Å². The monoisotopic (exact) mass is 1380 g/mol. The number of rotatable bonds is 13. The third kappa shape index (κ3) is 14.2. The van der Waals surface area contributed by atoms with Crippen molar-refractivity contribution in [1.29, 1.82) is 5.41 Å². The smallest absolute Gasteiger partial charge is 0.306 e. The van der Waals surface area contributed by atoms with E-state index in [1.165, 1.54) is 49.7 Å². The molecule has 7 atom stereocenters. The van der Waals surface area contributed by atoms with Gasteiger partial charge in [-0.1, -0.05) is 49.4 Å². The van der Waals surface area contributed by atoms with Gasteiger partial charge in [0.2, 0.25) is 11.8 Å². The number of carboxylic acids is 1. The van der Waals surface area contributed by atoms with Gasteiger partial charge in [-0.15, -0.1) is 68.0 Å². The second kappa shape index (κ2) is 27.8. The van der Waals surface area contributed by atoms with Crippen molar-refractivity contribution in [3.63, 3.8) is 0 Å². The Balaban J connectivity index is 0.929. The molecule has 7 aromatic heterocycles. The number of carbonyl (C=O) groups excluding carboxylic acids is 6. The summed E-state index contributed by atoms with van der Waals surface area (Å²) in [6.45, 7) is 3.18. The number of hydrogen-bond donors (Lipinski definition) is 10. The lowest BCUT2D eigenvalue weighted by Gasteiger charge is -2.29. The number of aliphatic hydroxyl groups excluding tert-OH is 2. The summed E-state index contributed by atoms with van der Waals surface area (Å²) in [5.74, 6) is -5.56. The van der Waals surface area contributed by atoms with Crippen LogP contribution in [0.5, 0.6) is 5.75 Å².